The van der Waals surface area contributed by atoms with Gasteiger partial charge in [-0.1, -0.05) is 38.0 Å². The van der Waals surface area contributed by atoms with Gasteiger partial charge in [-0.3, -0.25) is 0 Å². The molecule has 0 aliphatic rings. The van der Waals surface area contributed by atoms with Crippen LogP contribution in [0.25, 0.3) is 10.9 Å². The summed E-state index contributed by atoms with van der Waals surface area (Å²) >= 11 is 0. The predicted octanol–water partition coefficient (Wildman–Crippen LogP) is 3.65. The molecule has 4 nitrogen and oxygen atoms in total. The van der Waals surface area contributed by atoms with Crippen LogP contribution in [0.1, 0.15) is 45.6 Å². The van der Waals surface area contributed by atoms with E-state index in [9.17, 15) is 5.11 Å². The second-order valence-corrected chi connectivity index (χ2v) is 7.24. The lowest BCUT2D eigenvalue weighted by atomic mass is 9.94. The third kappa shape index (κ3) is 5.93. The first kappa shape index (κ1) is 19.0. The maximum absolute atomic E-state index is 10.1. The van der Waals surface area contributed by atoms with Crippen molar-refractivity contribution in [1.29, 1.82) is 0 Å². The Balaban J connectivity index is 1.76. The first-order valence-corrected chi connectivity index (χ1v) is 9.07. The average Bonchev–Trinajstić information content (AvgIpc) is 2.95. The minimum absolute atomic E-state index is 0.0891. The summed E-state index contributed by atoms with van der Waals surface area (Å²) in [6.45, 7) is 8.20. The number of ether oxygens (including phenoxy) is 1. The zero-order chi connectivity index (χ0) is 17.4. The van der Waals surface area contributed by atoms with Crippen LogP contribution in [0.5, 0.6) is 0 Å². The monoisotopic (exact) mass is 332 g/mol. The molecule has 0 bridgehead atoms. The quantitative estimate of drug-likeness (QED) is 0.551. The highest BCUT2D eigenvalue weighted by Crippen LogP contribution is 2.22. The summed E-state index contributed by atoms with van der Waals surface area (Å²) in [4.78, 5) is 3.32. The number of aliphatic hydroxyl groups excluding tert-OH is 1. The van der Waals surface area contributed by atoms with Gasteiger partial charge in [-0.25, -0.2) is 0 Å². The summed E-state index contributed by atoms with van der Waals surface area (Å²) in [6, 6.07) is 8.36. The first-order chi connectivity index (χ1) is 11.5. The second-order valence-electron chi connectivity index (χ2n) is 7.24. The minimum atomic E-state index is -0.464. The Hall–Kier alpha value is -1.36. The van der Waals surface area contributed by atoms with Crippen LogP contribution in [0.15, 0.2) is 30.5 Å². The normalized spacial score (nSPS) is 13.5. The molecular weight excluding hydrogens is 300 g/mol. The molecule has 1 heterocycles. The van der Waals surface area contributed by atoms with Crippen molar-refractivity contribution in [3.8, 4) is 0 Å². The van der Waals surface area contributed by atoms with Gasteiger partial charge < -0.3 is 20.1 Å². The van der Waals surface area contributed by atoms with Crippen molar-refractivity contribution in [2.75, 3.05) is 19.8 Å². The molecule has 24 heavy (non-hydrogen) atoms. The second kappa shape index (κ2) is 9.21. The van der Waals surface area contributed by atoms with Crippen LogP contribution in [0.3, 0.4) is 0 Å². The smallest absolute Gasteiger partial charge is 0.0897 e. The van der Waals surface area contributed by atoms with E-state index in [0.717, 1.165) is 19.4 Å². The Labute approximate surface area is 145 Å². The first-order valence-electron chi connectivity index (χ1n) is 9.07. The molecule has 0 aliphatic carbocycles. The van der Waals surface area contributed by atoms with Crippen LogP contribution < -0.4 is 5.32 Å². The van der Waals surface area contributed by atoms with Crippen LogP contribution >= 0.6 is 0 Å². The number of β-amino-alcohol motifs (C(OH)–C–C–N with tert-alkyl or cyclic N) is 1. The third-order valence-corrected chi connectivity index (χ3v) is 4.33. The van der Waals surface area contributed by atoms with Crippen molar-refractivity contribution in [3.63, 3.8) is 0 Å². The van der Waals surface area contributed by atoms with Gasteiger partial charge in [-0.05, 0) is 38.3 Å². The molecule has 3 N–H and O–H groups in total. The molecule has 0 saturated carbocycles. The molecule has 2 aromatic rings. The van der Waals surface area contributed by atoms with Crippen molar-refractivity contribution in [1.82, 2.24) is 10.3 Å². The molecule has 134 valence electrons. The molecular formula is C20H32N2O2. The molecule has 2 rings (SSSR count). The Morgan fingerprint density at radius 3 is 2.83 bits per heavy atom. The van der Waals surface area contributed by atoms with E-state index in [1.54, 1.807) is 0 Å². The van der Waals surface area contributed by atoms with Crippen molar-refractivity contribution in [2.45, 2.75) is 58.1 Å². The highest BCUT2D eigenvalue weighted by Gasteiger charge is 2.20. The van der Waals surface area contributed by atoms with Gasteiger partial charge in [0, 0.05) is 35.8 Å². The summed E-state index contributed by atoms with van der Waals surface area (Å²) in [5, 5.41) is 14.8. The predicted molar refractivity (Wildman–Crippen MR) is 100 cm³/mol. The van der Waals surface area contributed by atoms with Crippen molar-refractivity contribution >= 4 is 10.9 Å². The minimum Gasteiger partial charge on any atom is -0.389 e. The van der Waals surface area contributed by atoms with Gasteiger partial charge in [0.15, 0.2) is 0 Å². The third-order valence-electron chi connectivity index (χ3n) is 4.33. The molecule has 1 aromatic carbocycles. The summed E-state index contributed by atoms with van der Waals surface area (Å²) in [6.07, 6.45) is 5.97. The molecule has 1 atom stereocenters. The maximum atomic E-state index is 10.1. The standard InChI is InChI=1S/C20H32N2O2/c1-4-5-8-11-24-15-17(23)14-22-20(2,3)12-16-13-21-19-10-7-6-9-18(16)19/h6-7,9-10,13,17,21-23H,4-5,8,11-12,14-15H2,1-3H3. The highest BCUT2D eigenvalue weighted by atomic mass is 16.5. The number of hydrogen-bond acceptors (Lipinski definition) is 3. The zero-order valence-corrected chi connectivity index (χ0v) is 15.3. The molecule has 0 aliphatic heterocycles. The summed E-state index contributed by atoms with van der Waals surface area (Å²) in [5.41, 5.74) is 2.38. The van der Waals surface area contributed by atoms with Gasteiger partial charge in [0.2, 0.25) is 0 Å². The molecule has 0 saturated heterocycles. The van der Waals surface area contributed by atoms with Crippen LogP contribution in [-0.4, -0.2) is 41.5 Å². The number of fused-ring (bicyclic) bond motifs is 1. The molecule has 1 aromatic heterocycles. The Kier molecular flexibility index (Phi) is 7.28. The van der Waals surface area contributed by atoms with Crippen molar-refractivity contribution in [2.24, 2.45) is 0 Å². The van der Waals surface area contributed by atoms with Crippen molar-refractivity contribution < 1.29 is 9.84 Å². The topological polar surface area (TPSA) is 57.3 Å². The van der Waals surface area contributed by atoms with Crippen LogP contribution in [-0.2, 0) is 11.2 Å². The number of aromatic amines is 1. The van der Waals surface area contributed by atoms with E-state index in [1.165, 1.54) is 29.3 Å². The van der Waals surface area contributed by atoms with E-state index < -0.39 is 6.10 Å². The Morgan fingerprint density at radius 1 is 1.25 bits per heavy atom. The Morgan fingerprint density at radius 2 is 2.04 bits per heavy atom. The van der Waals surface area contributed by atoms with E-state index in [4.69, 9.17) is 4.74 Å². The number of hydrogen-bond donors (Lipinski definition) is 3. The molecule has 0 radical (unpaired) electrons. The highest BCUT2D eigenvalue weighted by molar-refractivity contribution is 5.83. The van der Waals surface area contributed by atoms with Crippen LogP contribution in [0, 0.1) is 0 Å². The largest absolute Gasteiger partial charge is 0.389 e. The number of nitrogens with one attached hydrogen (secondary N) is 2. The molecule has 1 unspecified atom stereocenters. The van der Waals surface area contributed by atoms with Crippen LogP contribution in [0.4, 0.5) is 0 Å². The molecule has 4 heteroatoms. The van der Waals surface area contributed by atoms with Gasteiger partial charge in [0.1, 0.15) is 0 Å². The average molecular weight is 332 g/mol. The van der Waals surface area contributed by atoms with E-state index in [-0.39, 0.29) is 5.54 Å². The van der Waals surface area contributed by atoms with Crippen LogP contribution in [0.2, 0.25) is 0 Å². The fourth-order valence-corrected chi connectivity index (χ4v) is 2.94. The summed E-state index contributed by atoms with van der Waals surface area (Å²) in [5.74, 6) is 0. The number of unbranched alkanes of at least 4 members (excludes halogenated alkanes) is 2. The lowest BCUT2D eigenvalue weighted by molar-refractivity contribution is 0.0322. The molecule has 0 amide bonds. The number of para-hydroxylation sites is 1. The SMILES string of the molecule is CCCCCOCC(O)CNC(C)(C)Cc1c[nH]c2ccccc12. The maximum Gasteiger partial charge on any atom is 0.0897 e. The molecule has 0 fully saturated rings. The Bertz CT molecular complexity index is 606. The van der Waals surface area contributed by atoms with Gasteiger partial charge in [0.25, 0.3) is 0 Å². The van der Waals surface area contributed by atoms with Gasteiger partial charge >= 0.3 is 0 Å². The van der Waals surface area contributed by atoms with E-state index in [0.29, 0.717) is 13.2 Å². The number of benzene rings is 1. The molecule has 0 spiro atoms. The number of H-pyrrole nitrogens is 1. The van der Waals surface area contributed by atoms with E-state index in [1.807, 2.05) is 6.07 Å². The van der Waals surface area contributed by atoms with E-state index in [2.05, 4.69) is 55.5 Å². The fraction of sp³-hybridized carbons (Fsp3) is 0.600. The van der Waals surface area contributed by atoms with Gasteiger partial charge in [-0.2, -0.15) is 0 Å². The fourth-order valence-electron chi connectivity index (χ4n) is 2.94. The van der Waals surface area contributed by atoms with E-state index >= 15 is 0 Å². The lowest BCUT2D eigenvalue weighted by Crippen LogP contribution is -2.46. The van der Waals surface area contributed by atoms with Gasteiger partial charge in [0.05, 0.1) is 12.7 Å². The zero-order valence-electron chi connectivity index (χ0n) is 15.3. The number of aliphatic hydroxyl groups is 1. The summed E-state index contributed by atoms with van der Waals surface area (Å²) in [7, 11) is 0. The lowest BCUT2D eigenvalue weighted by Gasteiger charge is -2.28. The van der Waals surface area contributed by atoms with Gasteiger partial charge in [-0.15, -0.1) is 0 Å². The number of aromatic nitrogens is 1. The van der Waals surface area contributed by atoms with Crippen molar-refractivity contribution in [3.05, 3.63) is 36.0 Å². The summed E-state index contributed by atoms with van der Waals surface area (Å²) < 4.78 is 5.53. The number of rotatable bonds is 11.